The summed E-state index contributed by atoms with van der Waals surface area (Å²) in [6.45, 7) is 2.29. The molecule has 0 aliphatic heterocycles. The van der Waals surface area contributed by atoms with Gasteiger partial charge >= 0.3 is 6.18 Å². The third-order valence-corrected chi connectivity index (χ3v) is 2.57. The zero-order valence-electron chi connectivity index (χ0n) is 7.83. The first-order chi connectivity index (χ1) is 6.35. The SMILES string of the molecule is CCC(Br)CNC(=O)CCC(F)(F)F. The Kier molecular flexibility index (Phi) is 6.15. The van der Waals surface area contributed by atoms with Crippen molar-refractivity contribution in [2.24, 2.45) is 0 Å². The number of hydrogen-bond donors (Lipinski definition) is 1. The Bertz CT molecular complexity index is 184. The molecule has 0 aliphatic carbocycles. The fraction of sp³-hybridized carbons (Fsp3) is 0.875. The van der Waals surface area contributed by atoms with E-state index >= 15 is 0 Å². The molecule has 1 atom stereocenters. The lowest BCUT2D eigenvalue weighted by molar-refractivity contribution is -0.144. The van der Waals surface area contributed by atoms with Crippen molar-refractivity contribution in [1.29, 1.82) is 0 Å². The molecule has 0 fully saturated rings. The smallest absolute Gasteiger partial charge is 0.355 e. The molecule has 0 heterocycles. The maximum Gasteiger partial charge on any atom is 0.389 e. The maximum absolute atomic E-state index is 11.7. The quantitative estimate of drug-likeness (QED) is 0.768. The second-order valence-corrected chi connectivity index (χ2v) is 4.22. The Morgan fingerprint density at radius 1 is 1.50 bits per heavy atom. The van der Waals surface area contributed by atoms with Crippen molar-refractivity contribution in [1.82, 2.24) is 5.32 Å². The van der Waals surface area contributed by atoms with Gasteiger partial charge in [-0.1, -0.05) is 22.9 Å². The molecule has 0 rings (SSSR count). The van der Waals surface area contributed by atoms with Gasteiger partial charge in [-0.2, -0.15) is 13.2 Å². The van der Waals surface area contributed by atoms with Crippen LogP contribution < -0.4 is 5.32 Å². The van der Waals surface area contributed by atoms with Crippen LogP contribution in [0.15, 0.2) is 0 Å². The highest BCUT2D eigenvalue weighted by Gasteiger charge is 2.27. The number of amides is 1. The van der Waals surface area contributed by atoms with Gasteiger partial charge in [0.2, 0.25) is 5.91 Å². The molecular weight excluding hydrogens is 263 g/mol. The average molecular weight is 276 g/mol. The van der Waals surface area contributed by atoms with E-state index in [0.717, 1.165) is 6.42 Å². The van der Waals surface area contributed by atoms with Crippen LogP contribution in [0, 0.1) is 0 Å². The topological polar surface area (TPSA) is 29.1 Å². The van der Waals surface area contributed by atoms with Crippen LogP contribution in [-0.4, -0.2) is 23.5 Å². The normalized spacial score (nSPS) is 13.8. The number of halogens is 4. The van der Waals surface area contributed by atoms with E-state index in [1.165, 1.54) is 0 Å². The number of nitrogens with one attached hydrogen (secondary N) is 1. The molecule has 6 heteroatoms. The monoisotopic (exact) mass is 275 g/mol. The van der Waals surface area contributed by atoms with E-state index in [4.69, 9.17) is 0 Å². The second kappa shape index (κ2) is 6.27. The Morgan fingerprint density at radius 2 is 2.07 bits per heavy atom. The molecule has 0 aliphatic rings. The summed E-state index contributed by atoms with van der Waals surface area (Å²) < 4.78 is 35.1. The van der Waals surface area contributed by atoms with Crippen molar-refractivity contribution in [2.75, 3.05) is 6.54 Å². The Morgan fingerprint density at radius 3 is 2.50 bits per heavy atom. The van der Waals surface area contributed by atoms with Gasteiger partial charge in [0, 0.05) is 17.8 Å². The van der Waals surface area contributed by atoms with Crippen LogP contribution in [0.1, 0.15) is 26.2 Å². The van der Waals surface area contributed by atoms with Crippen LogP contribution in [0.3, 0.4) is 0 Å². The molecule has 1 amide bonds. The zero-order valence-corrected chi connectivity index (χ0v) is 9.41. The standard InChI is InChI=1S/C8H13BrF3NO/c1-2-6(9)5-13-7(14)3-4-8(10,11)12/h6H,2-5H2,1H3,(H,13,14). The molecule has 1 N–H and O–H groups in total. The summed E-state index contributed by atoms with van der Waals surface area (Å²) in [5, 5.41) is 2.42. The lowest BCUT2D eigenvalue weighted by atomic mass is 10.3. The second-order valence-electron chi connectivity index (χ2n) is 2.92. The van der Waals surface area contributed by atoms with E-state index in [1.54, 1.807) is 0 Å². The minimum atomic E-state index is -4.25. The molecule has 1 unspecified atom stereocenters. The Hall–Kier alpha value is -0.260. The van der Waals surface area contributed by atoms with E-state index in [-0.39, 0.29) is 4.83 Å². The fourth-order valence-corrected chi connectivity index (χ4v) is 0.874. The molecule has 0 aromatic rings. The molecule has 0 aromatic carbocycles. The van der Waals surface area contributed by atoms with E-state index in [1.807, 2.05) is 6.92 Å². The molecule has 0 radical (unpaired) electrons. The highest BCUT2D eigenvalue weighted by Crippen LogP contribution is 2.20. The van der Waals surface area contributed by atoms with Crippen LogP contribution in [0.2, 0.25) is 0 Å². The van der Waals surface area contributed by atoms with Crippen LogP contribution >= 0.6 is 15.9 Å². The molecule has 14 heavy (non-hydrogen) atoms. The summed E-state index contributed by atoms with van der Waals surface area (Å²) >= 11 is 3.26. The van der Waals surface area contributed by atoms with Crippen molar-refractivity contribution in [3.8, 4) is 0 Å². The maximum atomic E-state index is 11.7. The van der Waals surface area contributed by atoms with Crippen molar-refractivity contribution in [2.45, 2.75) is 37.2 Å². The first-order valence-corrected chi connectivity index (χ1v) is 5.24. The first-order valence-electron chi connectivity index (χ1n) is 4.32. The van der Waals surface area contributed by atoms with Gasteiger partial charge in [0.05, 0.1) is 6.42 Å². The van der Waals surface area contributed by atoms with Gasteiger partial charge in [-0.3, -0.25) is 4.79 Å². The first kappa shape index (κ1) is 13.7. The summed E-state index contributed by atoms with van der Waals surface area (Å²) in [5.41, 5.74) is 0. The van der Waals surface area contributed by atoms with Crippen molar-refractivity contribution >= 4 is 21.8 Å². The number of carbonyl (C=O) groups is 1. The van der Waals surface area contributed by atoms with Crippen LogP contribution in [0.25, 0.3) is 0 Å². The fourth-order valence-electron chi connectivity index (χ4n) is 0.713. The van der Waals surface area contributed by atoms with Crippen LogP contribution in [0.5, 0.6) is 0 Å². The van der Waals surface area contributed by atoms with Gasteiger partial charge in [-0.15, -0.1) is 0 Å². The molecular formula is C8H13BrF3NO. The molecule has 0 saturated heterocycles. The van der Waals surface area contributed by atoms with E-state index in [2.05, 4.69) is 21.2 Å². The summed E-state index contributed by atoms with van der Waals surface area (Å²) in [4.78, 5) is 11.0. The van der Waals surface area contributed by atoms with Crippen molar-refractivity contribution in [3.63, 3.8) is 0 Å². The highest BCUT2D eigenvalue weighted by atomic mass is 79.9. The lowest BCUT2D eigenvalue weighted by Crippen LogP contribution is -2.30. The predicted molar refractivity (Wildman–Crippen MR) is 51.3 cm³/mol. The Labute approximate surface area is 89.4 Å². The molecule has 0 bridgehead atoms. The molecule has 0 saturated carbocycles. The third kappa shape index (κ3) is 8.34. The number of hydrogen-bond acceptors (Lipinski definition) is 1. The summed E-state index contributed by atoms with van der Waals surface area (Å²) in [7, 11) is 0. The van der Waals surface area contributed by atoms with E-state index in [0.29, 0.717) is 6.54 Å². The minimum Gasteiger partial charge on any atom is -0.355 e. The minimum absolute atomic E-state index is 0.123. The van der Waals surface area contributed by atoms with Crippen molar-refractivity contribution < 1.29 is 18.0 Å². The van der Waals surface area contributed by atoms with Gasteiger partial charge in [0.25, 0.3) is 0 Å². The number of carbonyl (C=O) groups excluding carboxylic acids is 1. The third-order valence-electron chi connectivity index (χ3n) is 1.60. The van der Waals surface area contributed by atoms with Gasteiger partial charge in [-0.25, -0.2) is 0 Å². The zero-order chi connectivity index (χ0) is 11.2. The average Bonchev–Trinajstić information content (AvgIpc) is 2.09. The molecule has 0 aromatic heterocycles. The van der Waals surface area contributed by atoms with Gasteiger partial charge < -0.3 is 5.32 Å². The number of rotatable bonds is 5. The van der Waals surface area contributed by atoms with Gasteiger partial charge in [-0.05, 0) is 6.42 Å². The Balaban J connectivity index is 3.57. The van der Waals surface area contributed by atoms with E-state index < -0.39 is 24.9 Å². The predicted octanol–water partition coefficient (Wildman–Crippen LogP) is 2.62. The van der Waals surface area contributed by atoms with Gasteiger partial charge in [0.15, 0.2) is 0 Å². The van der Waals surface area contributed by atoms with E-state index in [9.17, 15) is 18.0 Å². The molecule has 84 valence electrons. The van der Waals surface area contributed by atoms with Gasteiger partial charge in [0.1, 0.15) is 0 Å². The largest absolute Gasteiger partial charge is 0.389 e. The number of alkyl halides is 4. The van der Waals surface area contributed by atoms with Crippen LogP contribution in [-0.2, 0) is 4.79 Å². The summed E-state index contributed by atoms with van der Waals surface area (Å²) in [5.74, 6) is -0.555. The molecule has 0 spiro atoms. The molecule has 2 nitrogen and oxygen atoms in total. The highest BCUT2D eigenvalue weighted by molar-refractivity contribution is 9.09. The summed E-state index contributed by atoms with van der Waals surface area (Å²) in [6.07, 6.45) is -4.99. The van der Waals surface area contributed by atoms with Crippen molar-refractivity contribution in [3.05, 3.63) is 0 Å². The van der Waals surface area contributed by atoms with Crippen LogP contribution in [0.4, 0.5) is 13.2 Å². The lowest BCUT2D eigenvalue weighted by Gasteiger charge is -2.09. The summed E-state index contributed by atoms with van der Waals surface area (Å²) in [6, 6.07) is 0.